The van der Waals surface area contributed by atoms with Gasteiger partial charge in [0.2, 0.25) is 5.91 Å². The van der Waals surface area contributed by atoms with Crippen molar-refractivity contribution < 1.29 is 23.5 Å². The highest BCUT2D eigenvalue weighted by Crippen LogP contribution is 2.33. The molecular formula is C22H24ClFN4O4S2. The second kappa shape index (κ2) is 11.2. The third-order valence-corrected chi connectivity index (χ3v) is 7.32. The summed E-state index contributed by atoms with van der Waals surface area (Å²) >= 11 is 8.56. The molecule has 1 unspecified atom stereocenters. The van der Waals surface area contributed by atoms with E-state index >= 15 is 0 Å². The average Bonchev–Trinajstić information content (AvgIpc) is 3.27. The summed E-state index contributed by atoms with van der Waals surface area (Å²) in [5, 5.41) is 12.2. The maximum absolute atomic E-state index is 13.3. The number of anilines is 1. The fourth-order valence-corrected chi connectivity index (χ4v) is 5.07. The lowest BCUT2D eigenvalue weighted by atomic mass is 10.1. The largest absolute Gasteiger partial charge is 0.481 e. The molecule has 2 aromatic heterocycles. The number of carbonyl (C=O) groups excluding carboxylic acids is 2. The van der Waals surface area contributed by atoms with Gasteiger partial charge in [0.15, 0.2) is 17.1 Å². The van der Waals surface area contributed by atoms with Crippen LogP contribution in [0.3, 0.4) is 0 Å². The van der Waals surface area contributed by atoms with E-state index in [-0.39, 0.29) is 23.3 Å². The van der Waals surface area contributed by atoms with Crippen molar-refractivity contribution >= 4 is 51.6 Å². The van der Waals surface area contributed by atoms with E-state index in [2.05, 4.69) is 15.5 Å². The molecule has 0 aliphatic rings. The van der Waals surface area contributed by atoms with Gasteiger partial charge in [0.1, 0.15) is 16.6 Å². The summed E-state index contributed by atoms with van der Waals surface area (Å²) in [5.74, 6) is -0.306. The first-order valence-corrected chi connectivity index (χ1v) is 12.5. The molecule has 0 aliphatic carbocycles. The average molecular weight is 527 g/mol. The zero-order chi connectivity index (χ0) is 25.0. The summed E-state index contributed by atoms with van der Waals surface area (Å²) in [6.07, 6.45) is -0.521. The van der Waals surface area contributed by atoms with Gasteiger partial charge in [0.25, 0.3) is 0 Å². The van der Waals surface area contributed by atoms with Crippen LogP contribution in [0.4, 0.5) is 9.39 Å². The molecule has 0 bridgehead atoms. The molecule has 0 spiro atoms. The fourth-order valence-electron chi connectivity index (χ4n) is 3.08. The maximum Gasteiger partial charge on any atom is 0.341 e. The minimum absolute atomic E-state index is 0.0588. The van der Waals surface area contributed by atoms with Crippen LogP contribution in [0.1, 0.15) is 46.6 Å². The second-order valence-electron chi connectivity index (χ2n) is 7.28. The van der Waals surface area contributed by atoms with E-state index in [1.54, 1.807) is 25.5 Å². The second-order valence-corrected chi connectivity index (χ2v) is 9.85. The maximum atomic E-state index is 13.3. The van der Waals surface area contributed by atoms with Crippen molar-refractivity contribution in [1.82, 2.24) is 14.8 Å². The highest BCUT2D eigenvalue weighted by atomic mass is 35.5. The van der Waals surface area contributed by atoms with Crippen molar-refractivity contribution in [3.05, 3.63) is 50.9 Å². The number of thiophene rings is 1. The summed E-state index contributed by atoms with van der Waals surface area (Å²) in [6, 6.07) is 3.88. The standard InChI is InChI=1S/C22H24ClFN4O4S2/c1-6-31-21(30)18-11(2)13(4)34-20(18)25-17(29)10-33-22-27-26-19(28(22)5)12(3)32-16-8-7-14(24)9-15(16)23/h7-9,12H,6,10H2,1-5H3,(H,25,29). The molecule has 0 fully saturated rings. The first-order valence-electron chi connectivity index (χ1n) is 10.3. The summed E-state index contributed by atoms with van der Waals surface area (Å²) < 4.78 is 25.9. The number of esters is 1. The summed E-state index contributed by atoms with van der Waals surface area (Å²) in [5.41, 5.74) is 1.17. The van der Waals surface area contributed by atoms with Gasteiger partial charge in [-0.05, 0) is 51.5 Å². The molecule has 1 amide bonds. The Hall–Kier alpha value is -2.63. The number of aromatic nitrogens is 3. The van der Waals surface area contributed by atoms with Gasteiger partial charge in [0, 0.05) is 11.9 Å². The highest BCUT2D eigenvalue weighted by Gasteiger charge is 2.23. The zero-order valence-electron chi connectivity index (χ0n) is 19.3. The van der Waals surface area contributed by atoms with Crippen LogP contribution >= 0.6 is 34.7 Å². The number of carbonyl (C=O) groups is 2. The number of aryl methyl sites for hydroxylation is 1. The number of amides is 1. The number of hydrogen-bond acceptors (Lipinski definition) is 8. The molecule has 34 heavy (non-hydrogen) atoms. The summed E-state index contributed by atoms with van der Waals surface area (Å²) in [6.45, 7) is 7.46. The molecule has 182 valence electrons. The third-order valence-electron chi connectivity index (χ3n) is 4.88. The van der Waals surface area contributed by atoms with Gasteiger partial charge in [0.05, 0.1) is 22.9 Å². The number of rotatable bonds is 9. The van der Waals surface area contributed by atoms with E-state index in [1.165, 1.54) is 41.3 Å². The van der Waals surface area contributed by atoms with E-state index in [0.717, 1.165) is 10.4 Å². The smallest absolute Gasteiger partial charge is 0.341 e. The van der Waals surface area contributed by atoms with Crippen LogP contribution in [0, 0.1) is 19.7 Å². The number of benzene rings is 1. The Morgan fingerprint density at radius 2 is 2.06 bits per heavy atom. The fraction of sp³-hybridized carbons (Fsp3) is 0.364. The molecule has 1 atom stereocenters. The van der Waals surface area contributed by atoms with Crippen LogP contribution in [0.15, 0.2) is 23.4 Å². The molecule has 0 radical (unpaired) electrons. The molecule has 1 aromatic carbocycles. The predicted molar refractivity (Wildman–Crippen MR) is 131 cm³/mol. The van der Waals surface area contributed by atoms with E-state index in [0.29, 0.717) is 27.3 Å². The van der Waals surface area contributed by atoms with Crippen molar-refractivity contribution in [2.45, 2.75) is 39.0 Å². The number of thioether (sulfide) groups is 1. The highest BCUT2D eigenvalue weighted by molar-refractivity contribution is 7.99. The van der Waals surface area contributed by atoms with Gasteiger partial charge in [-0.3, -0.25) is 4.79 Å². The van der Waals surface area contributed by atoms with Crippen LogP contribution < -0.4 is 10.1 Å². The zero-order valence-corrected chi connectivity index (χ0v) is 21.7. The number of ether oxygens (including phenoxy) is 2. The van der Waals surface area contributed by atoms with Gasteiger partial charge < -0.3 is 19.4 Å². The number of nitrogens with one attached hydrogen (secondary N) is 1. The minimum atomic E-state index is -0.521. The van der Waals surface area contributed by atoms with E-state index in [9.17, 15) is 14.0 Å². The topological polar surface area (TPSA) is 95.3 Å². The van der Waals surface area contributed by atoms with Gasteiger partial charge in [-0.15, -0.1) is 21.5 Å². The summed E-state index contributed by atoms with van der Waals surface area (Å²) in [7, 11) is 1.76. The lowest BCUT2D eigenvalue weighted by Gasteiger charge is -2.15. The Balaban J connectivity index is 1.64. The van der Waals surface area contributed by atoms with Gasteiger partial charge in [-0.1, -0.05) is 23.4 Å². The Bertz CT molecular complexity index is 1210. The Morgan fingerprint density at radius 1 is 1.32 bits per heavy atom. The van der Waals surface area contributed by atoms with E-state index in [1.807, 2.05) is 13.8 Å². The molecule has 3 rings (SSSR count). The molecular weight excluding hydrogens is 503 g/mol. The van der Waals surface area contributed by atoms with Crippen LogP contribution in [-0.4, -0.2) is 39.0 Å². The van der Waals surface area contributed by atoms with Crippen molar-refractivity contribution in [3.63, 3.8) is 0 Å². The first-order chi connectivity index (χ1) is 16.1. The van der Waals surface area contributed by atoms with Crippen LogP contribution in [0.5, 0.6) is 5.75 Å². The van der Waals surface area contributed by atoms with Crippen molar-refractivity contribution in [1.29, 1.82) is 0 Å². The molecule has 8 nitrogen and oxygen atoms in total. The lowest BCUT2D eigenvalue weighted by molar-refractivity contribution is -0.113. The van der Waals surface area contributed by atoms with E-state index < -0.39 is 17.9 Å². The molecule has 3 aromatic rings. The van der Waals surface area contributed by atoms with E-state index in [4.69, 9.17) is 21.1 Å². The quantitative estimate of drug-likeness (QED) is 0.297. The lowest BCUT2D eigenvalue weighted by Crippen LogP contribution is -2.17. The van der Waals surface area contributed by atoms with Crippen LogP contribution in [-0.2, 0) is 16.6 Å². The first kappa shape index (κ1) is 26.0. The molecule has 1 N–H and O–H groups in total. The monoisotopic (exact) mass is 526 g/mol. The Morgan fingerprint density at radius 3 is 2.74 bits per heavy atom. The molecule has 12 heteroatoms. The van der Waals surface area contributed by atoms with Crippen molar-refractivity contribution in [2.75, 3.05) is 17.7 Å². The van der Waals surface area contributed by atoms with Gasteiger partial charge in [-0.2, -0.15) is 0 Å². The Kier molecular flexibility index (Phi) is 8.56. The van der Waals surface area contributed by atoms with Crippen LogP contribution in [0.25, 0.3) is 0 Å². The Labute approximate surface area is 209 Å². The SMILES string of the molecule is CCOC(=O)c1c(NC(=O)CSc2nnc(C(C)Oc3ccc(F)cc3Cl)n2C)sc(C)c1C. The number of nitrogens with zero attached hydrogens (tertiary/aromatic N) is 3. The van der Waals surface area contributed by atoms with Gasteiger partial charge >= 0.3 is 5.97 Å². The van der Waals surface area contributed by atoms with Crippen molar-refractivity contribution in [2.24, 2.45) is 7.05 Å². The van der Waals surface area contributed by atoms with Gasteiger partial charge in [-0.25, -0.2) is 9.18 Å². The van der Waals surface area contributed by atoms with Crippen molar-refractivity contribution in [3.8, 4) is 5.75 Å². The summed E-state index contributed by atoms with van der Waals surface area (Å²) in [4.78, 5) is 25.8. The number of hydrogen-bond donors (Lipinski definition) is 1. The molecule has 0 saturated carbocycles. The molecule has 0 aliphatic heterocycles. The molecule has 2 heterocycles. The predicted octanol–water partition coefficient (Wildman–Crippen LogP) is 5.33. The van der Waals surface area contributed by atoms with Crippen LogP contribution in [0.2, 0.25) is 5.02 Å². The normalized spacial score (nSPS) is 11.9. The third kappa shape index (κ3) is 5.89. The molecule has 0 saturated heterocycles. The minimum Gasteiger partial charge on any atom is -0.481 e. The number of halogens is 2.